The maximum atomic E-state index is 13.4. The zero-order valence-corrected chi connectivity index (χ0v) is 19.7. The first-order valence-corrected chi connectivity index (χ1v) is 11.9. The molecule has 1 aliphatic rings. The van der Waals surface area contributed by atoms with Crippen LogP contribution in [0.25, 0.3) is 16.8 Å². The smallest absolute Gasteiger partial charge is 0.270 e. The van der Waals surface area contributed by atoms with Gasteiger partial charge in [0.15, 0.2) is 4.32 Å². The summed E-state index contributed by atoms with van der Waals surface area (Å²) in [5, 5.41) is 2.12. The third-order valence-corrected chi connectivity index (χ3v) is 6.80. The number of carbonyl (C=O) groups excluding carboxylic acids is 1. The van der Waals surface area contributed by atoms with Gasteiger partial charge in [0.1, 0.15) is 12.4 Å². The molecule has 33 heavy (non-hydrogen) atoms. The molecule has 0 N–H and O–H groups in total. The van der Waals surface area contributed by atoms with Crippen LogP contribution in [0.2, 0.25) is 0 Å². The number of rotatable bonds is 5. The average molecular weight is 468 g/mol. The van der Waals surface area contributed by atoms with Crippen molar-refractivity contribution in [3.8, 4) is 5.75 Å². The molecule has 0 saturated carbocycles. The summed E-state index contributed by atoms with van der Waals surface area (Å²) in [6.07, 6.45) is 1.91. The molecule has 1 saturated heterocycles. The topological polar surface area (TPSA) is 29.5 Å². The van der Waals surface area contributed by atoms with Gasteiger partial charge in [0.25, 0.3) is 5.91 Å². The Morgan fingerprint density at radius 1 is 0.939 bits per heavy atom. The zero-order valence-electron chi connectivity index (χ0n) is 18.0. The number of fused-ring (bicyclic) bond motifs is 1. The van der Waals surface area contributed by atoms with Crippen molar-refractivity contribution in [2.45, 2.75) is 13.5 Å². The Bertz CT molecular complexity index is 1400. The first kappa shape index (κ1) is 21.4. The molecule has 162 valence electrons. The molecule has 0 radical (unpaired) electrons. The number of ether oxygens (including phenoxy) is 1. The van der Waals surface area contributed by atoms with E-state index in [2.05, 4.69) is 12.1 Å². The van der Waals surface area contributed by atoms with Crippen LogP contribution in [-0.2, 0) is 11.4 Å². The number of anilines is 1. The van der Waals surface area contributed by atoms with Gasteiger partial charge in [-0.2, -0.15) is 0 Å². The lowest BCUT2D eigenvalue weighted by molar-refractivity contribution is -0.113. The molecule has 1 heterocycles. The van der Waals surface area contributed by atoms with E-state index < -0.39 is 0 Å². The molecule has 0 unspecified atom stereocenters. The van der Waals surface area contributed by atoms with Crippen molar-refractivity contribution in [2.24, 2.45) is 0 Å². The van der Waals surface area contributed by atoms with E-state index in [9.17, 15) is 4.79 Å². The lowest BCUT2D eigenvalue weighted by Gasteiger charge is -2.15. The second-order valence-corrected chi connectivity index (χ2v) is 9.50. The summed E-state index contributed by atoms with van der Waals surface area (Å²) in [6, 6.07) is 30.0. The number of benzene rings is 4. The molecule has 0 aromatic heterocycles. The molecule has 0 aliphatic carbocycles. The zero-order chi connectivity index (χ0) is 22.8. The van der Waals surface area contributed by atoms with Crippen molar-refractivity contribution < 1.29 is 9.53 Å². The highest BCUT2D eigenvalue weighted by molar-refractivity contribution is 8.27. The number of hydrogen-bond acceptors (Lipinski definition) is 4. The van der Waals surface area contributed by atoms with Gasteiger partial charge in [-0.1, -0.05) is 96.8 Å². The molecule has 5 rings (SSSR count). The summed E-state index contributed by atoms with van der Waals surface area (Å²) in [5.74, 6) is 0.621. The maximum Gasteiger partial charge on any atom is 0.270 e. The molecule has 0 atom stereocenters. The largest absolute Gasteiger partial charge is 0.488 e. The first-order valence-electron chi connectivity index (χ1n) is 10.6. The van der Waals surface area contributed by atoms with E-state index >= 15 is 0 Å². The van der Waals surface area contributed by atoms with Crippen molar-refractivity contribution >= 4 is 56.7 Å². The van der Waals surface area contributed by atoms with Gasteiger partial charge in [0, 0.05) is 5.56 Å². The molecule has 1 aliphatic heterocycles. The SMILES string of the molecule is Cc1cccc(N2C(=O)/C(=C/c3c(OCc4ccccc4)ccc4ccccc34)SC2=S)c1. The van der Waals surface area contributed by atoms with Crippen molar-refractivity contribution in [1.82, 2.24) is 0 Å². The minimum atomic E-state index is -0.113. The van der Waals surface area contributed by atoms with E-state index in [1.807, 2.05) is 91.9 Å². The van der Waals surface area contributed by atoms with E-state index in [-0.39, 0.29) is 5.91 Å². The summed E-state index contributed by atoms with van der Waals surface area (Å²) in [7, 11) is 0. The highest BCUT2D eigenvalue weighted by Gasteiger charge is 2.33. The maximum absolute atomic E-state index is 13.4. The predicted octanol–water partition coefficient (Wildman–Crippen LogP) is 7.13. The molecular formula is C28H21NO2S2. The number of carbonyl (C=O) groups is 1. The second kappa shape index (κ2) is 9.22. The van der Waals surface area contributed by atoms with Crippen molar-refractivity contribution in [1.29, 1.82) is 0 Å². The molecule has 0 spiro atoms. The van der Waals surface area contributed by atoms with Crippen molar-refractivity contribution in [2.75, 3.05) is 4.90 Å². The van der Waals surface area contributed by atoms with Gasteiger partial charge >= 0.3 is 0 Å². The number of amides is 1. The van der Waals surface area contributed by atoms with Gasteiger partial charge in [-0.15, -0.1) is 0 Å². The van der Waals surface area contributed by atoms with E-state index in [0.717, 1.165) is 38.9 Å². The predicted molar refractivity (Wildman–Crippen MR) is 142 cm³/mol. The highest BCUT2D eigenvalue weighted by atomic mass is 32.2. The van der Waals surface area contributed by atoms with Crippen LogP contribution >= 0.6 is 24.0 Å². The van der Waals surface area contributed by atoms with Gasteiger partial charge in [0.05, 0.1) is 10.6 Å². The molecule has 1 fully saturated rings. The van der Waals surface area contributed by atoms with Crippen LogP contribution < -0.4 is 9.64 Å². The quantitative estimate of drug-likeness (QED) is 0.231. The first-order chi connectivity index (χ1) is 16.1. The summed E-state index contributed by atoms with van der Waals surface area (Å²) in [5.41, 5.74) is 3.84. The van der Waals surface area contributed by atoms with Crippen LogP contribution in [0, 0.1) is 6.92 Å². The van der Waals surface area contributed by atoms with Gasteiger partial charge in [-0.05, 0) is 53.1 Å². The number of aryl methyl sites for hydroxylation is 1. The van der Waals surface area contributed by atoms with Gasteiger partial charge in [-0.25, -0.2) is 0 Å². The van der Waals surface area contributed by atoms with E-state index in [1.54, 1.807) is 4.90 Å². The Morgan fingerprint density at radius 2 is 1.73 bits per heavy atom. The Balaban J connectivity index is 1.54. The number of nitrogens with zero attached hydrogens (tertiary/aromatic N) is 1. The Labute approximate surface area is 202 Å². The van der Waals surface area contributed by atoms with Crippen LogP contribution in [0.3, 0.4) is 0 Å². The number of thiocarbonyl (C=S) groups is 1. The molecule has 4 aromatic carbocycles. The minimum absolute atomic E-state index is 0.113. The van der Waals surface area contributed by atoms with Crippen LogP contribution in [-0.4, -0.2) is 10.2 Å². The number of hydrogen-bond donors (Lipinski definition) is 0. The summed E-state index contributed by atoms with van der Waals surface area (Å²) >= 11 is 6.90. The van der Waals surface area contributed by atoms with Crippen LogP contribution in [0.1, 0.15) is 16.7 Å². The molecular weight excluding hydrogens is 446 g/mol. The molecule has 0 bridgehead atoms. The summed E-state index contributed by atoms with van der Waals surface area (Å²) in [4.78, 5) is 15.6. The lowest BCUT2D eigenvalue weighted by atomic mass is 10.0. The Hall–Kier alpha value is -3.41. The summed E-state index contributed by atoms with van der Waals surface area (Å²) < 4.78 is 6.75. The lowest BCUT2D eigenvalue weighted by Crippen LogP contribution is -2.27. The number of thioether (sulfide) groups is 1. The standard InChI is InChI=1S/C28H21NO2S2/c1-19-8-7-12-22(16-19)29-27(30)26(33-28(29)32)17-24-23-13-6-5-11-21(23)14-15-25(24)31-18-20-9-3-2-4-10-20/h2-17H,18H2,1H3/b26-17-. The molecule has 4 aromatic rings. The van der Waals surface area contributed by atoms with E-state index in [0.29, 0.717) is 15.8 Å². The van der Waals surface area contributed by atoms with Crippen LogP contribution in [0.4, 0.5) is 5.69 Å². The van der Waals surface area contributed by atoms with Crippen LogP contribution in [0.5, 0.6) is 5.75 Å². The normalized spacial score (nSPS) is 14.9. The third kappa shape index (κ3) is 4.42. The van der Waals surface area contributed by atoms with Crippen LogP contribution in [0.15, 0.2) is 95.9 Å². The van der Waals surface area contributed by atoms with Crippen molar-refractivity contribution in [3.05, 3.63) is 113 Å². The second-order valence-electron chi connectivity index (χ2n) is 7.83. The molecule has 5 heteroatoms. The Kier molecular flexibility index (Phi) is 5.99. The fourth-order valence-electron chi connectivity index (χ4n) is 3.87. The van der Waals surface area contributed by atoms with Gasteiger partial charge in [0.2, 0.25) is 0 Å². The fourth-order valence-corrected chi connectivity index (χ4v) is 5.15. The highest BCUT2D eigenvalue weighted by Crippen LogP contribution is 2.39. The third-order valence-electron chi connectivity index (χ3n) is 5.50. The van der Waals surface area contributed by atoms with E-state index in [4.69, 9.17) is 17.0 Å². The summed E-state index contributed by atoms with van der Waals surface area (Å²) in [6.45, 7) is 2.45. The monoisotopic (exact) mass is 467 g/mol. The minimum Gasteiger partial charge on any atom is -0.488 e. The Morgan fingerprint density at radius 3 is 2.55 bits per heavy atom. The van der Waals surface area contributed by atoms with Crippen molar-refractivity contribution in [3.63, 3.8) is 0 Å². The molecule has 3 nitrogen and oxygen atoms in total. The molecule has 1 amide bonds. The average Bonchev–Trinajstić information content (AvgIpc) is 3.11. The fraction of sp³-hybridized carbons (Fsp3) is 0.0714. The van der Waals surface area contributed by atoms with Gasteiger partial charge in [-0.3, -0.25) is 9.69 Å². The van der Waals surface area contributed by atoms with E-state index in [1.165, 1.54) is 11.8 Å². The van der Waals surface area contributed by atoms with Gasteiger partial charge < -0.3 is 4.74 Å².